The van der Waals surface area contributed by atoms with E-state index in [-0.39, 0.29) is 36.6 Å². The zero-order valence-corrected chi connectivity index (χ0v) is 20.8. The number of ketones is 1. The standard InChI is InChI=1S/C22H25N6O8P/c1-15(16(2)29)27-37(33,36-17-6-4-3-5-7-17)14-34-11-10-28-13-25-20-21(23-12-24-22(20)28)26-18(35-32)8-9-19(30)31/h3-9,12-13,15,32H,10-11,14H2,1-2H3,(H,27,33)(H,30,31)/b9-8+,26-18+/t15-,37?/m0/s1. The average molecular weight is 532 g/mol. The Morgan fingerprint density at radius 1 is 1.22 bits per heavy atom. The van der Waals surface area contributed by atoms with Crippen molar-refractivity contribution in [2.45, 2.75) is 26.4 Å². The van der Waals surface area contributed by atoms with Crippen LogP contribution in [0.1, 0.15) is 13.8 Å². The summed E-state index contributed by atoms with van der Waals surface area (Å²) in [6, 6.07) is 7.85. The summed E-state index contributed by atoms with van der Waals surface area (Å²) in [5.41, 5.74) is 0.639. The van der Waals surface area contributed by atoms with E-state index in [9.17, 15) is 14.2 Å². The van der Waals surface area contributed by atoms with Crippen molar-refractivity contribution in [3.8, 4) is 5.75 Å². The summed E-state index contributed by atoms with van der Waals surface area (Å²) in [5.74, 6) is -1.47. The van der Waals surface area contributed by atoms with Gasteiger partial charge in [0, 0.05) is 18.7 Å². The van der Waals surface area contributed by atoms with Crippen LogP contribution in [0.3, 0.4) is 0 Å². The molecule has 37 heavy (non-hydrogen) atoms. The largest absolute Gasteiger partial charge is 0.478 e. The van der Waals surface area contributed by atoms with E-state index in [4.69, 9.17) is 19.6 Å². The molecule has 0 fully saturated rings. The van der Waals surface area contributed by atoms with E-state index in [0.717, 1.165) is 12.2 Å². The van der Waals surface area contributed by atoms with Crippen LogP contribution in [0, 0.1) is 0 Å². The molecule has 0 saturated heterocycles. The zero-order chi connectivity index (χ0) is 26.8. The quantitative estimate of drug-likeness (QED) is 0.0556. The number of para-hydroxylation sites is 1. The first-order valence-electron chi connectivity index (χ1n) is 10.9. The highest BCUT2D eigenvalue weighted by Gasteiger charge is 2.29. The third-order valence-electron chi connectivity index (χ3n) is 4.79. The summed E-state index contributed by atoms with van der Waals surface area (Å²) in [5, 5.41) is 20.4. The predicted octanol–water partition coefficient (Wildman–Crippen LogP) is 2.80. The second-order valence-corrected chi connectivity index (χ2v) is 9.64. The molecule has 0 saturated carbocycles. The Hall–Kier alpha value is -3.97. The van der Waals surface area contributed by atoms with Crippen LogP contribution in [0.5, 0.6) is 5.75 Å². The van der Waals surface area contributed by atoms with Crippen LogP contribution in [0.2, 0.25) is 0 Å². The van der Waals surface area contributed by atoms with Crippen molar-refractivity contribution in [3.05, 3.63) is 55.1 Å². The van der Waals surface area contributed by atoms with Gasteiger partial charge in [0.1, 0.15) is 24.2 Å². The van der Waals surface area contributed by atoms with E-state index >= 15 is 0 Å². The Bertz CT molecular complexity index is 1340. The lowest BCUT2D eigenvalue weighted by atomic mass is 10.3. The molecule has 0 amide bonds. The molecule has 3 rings (SSSR count). The van der Waals surface area contributed by atoms with Crippen LogP contribution in [0.15, 0.2) is 60.1 Å². The number of imidazole rings is 1. The number of rotatable bonds is 13. The number of benzene rings is 1. The number of aromatic nitrogens is 4. The molecule has 2 heterocycles. The summed E-state index contributed by atoms with van der Waals surface area (Å²) < 4.78 is 26.3. The minimum atomic E-state index is -3.59. The minimum Gasteiger partial charge on any atom is -0.478 e. The number of carbonyl (C=O) groups is 2. The lowest BCUT2D eigenvalue weighted by molar-refractivity contribution is -0.153. The van der Waals surface area contributed by atoms with Crippen LogP contribution in [0.4, 0.5) is 5.82 Å². The zero-order valence-electron chi connectivity index (χ0n) is 19.9. The Kier molecular flexibility index (Phi) is 9.57. The van der Waals surface area contributed by atoms with Gasteiger partial charge in [-0.05, 0) is 26.0 Å². The van der Waals surface area contributed by atoms with Crippen molar-refractivity contribution in [3.63, 3.8) is 0 Å². The molecule has 0 radical (unpaired) electrons. The molecule has 0 aliphatic heterocycles. The number of aliphatic carboxylic acids is 1. The molecule has 2 atom stereocenters. The van der Waals surface area contributed by atoms with Crippen molar-refractivity contribution in [2.24, 2.45) is 4.99 Å². The molecule has 196 valence electrons. The average Bonchev–Trinajstić information content (AvgIpc) is 3.28. The number of carboxylic acid groups (broad SMARTS) is 1. The van der Waals surface area contributed by atoms with E-state index in [1.807, 2.05) is 0 Å². The molecule has 15 heteroatoms. The van der Waals surface area contributed by atoms with Gasteiger partial charge in [-0.1, -0.05) is 18.2 Å². The van der Waals surface area contributed by atoms with Gasteiger partial charge in [-0.25, -0.2) is 30.1 Å². The summed E-state index contributed by atoms with van der Waals surface area (Å²) in [4.78, 5) is 42.8. The first-order valence-corrected chi connectivity index (χ1v) is 12.7. The molecule has 0 aliphatic carbocycles. The van der Waals surface area contributed by atoms with Gasteiger partial charge < -0.3 is 23.8 Å². The van der Waals surface area contributed by atoms with Gasteiger partial charge >= 0.3 is 13.5 Å². The fraction of sp³-hybridized carbons (Fsp3) is 0.273. The van der Waals surface area contributed by atoms with Gasteiger partial charge in [-0.3, -0.25) is 9.36 Å². The molecule has 14 nitrogen and oxygen atoms in total. The minimum absolute atomic E-state index is 0.0342. The maximum absolute atomic E-state index is 13.4. The van der Waals surface area contributed by atoms with E-state index in [1.54, 1.807) is 41.8 Å². The molecular weight excluding hydrogens is 507 g/mol. The topological polar surface area (TPSA) is 187 Å². The molecule has 2 aromatic heterocycles. The molecule has 1 aromatic carbocycles. The lowest BCUT2D eigenvalue weighted by Gasteiger charge is -2.23. The first kappa shape index (κ1) is 27.6. The number of carbonyl (C=O) groups excluding carboxylic acids is 1. The molecule has 3 aromatic rings. The lowest BCUT2D eigenvalue weighted by Crippen LogP contribution is -2.32. The number of hydrogen-bond donors (Lipinski definition) is 3. The number of nitrogens with zero attached hydrogens (tertiary/aromatic N) is 5. The molecule has 3 N–H and O–H groups in total. The van der Waals surface area contributed by atoms with Gasteiger partial charge in [0.2, 0.25) is 0 Å². The van der Waals surface area contributed by atoms with Crippen molar-refractivity contribution in [2.75, 3.05) is 13.0 Å². The Morgan fingerprint density at radius 2 is 1.97 bits per heavy atom. The number of carboxylic acids is 1. The number of ether oxygens (including phenoxy) is 1. The van der Waals surface area contributed by atoms with Crippen LogP contribution in [-0.4, -0.2) is 66.5 Å². The monoisotopic (exact) mass is 532 g/mol. The van der Waals surface area contributed by atoms with Crippen LogP contribution in [-0.2, 0) is 30.3 Å². The number of Topliss-reactive ketones (excluding diaryl/α,β-unsaturated/α-hetero) is 1. The fourth-order valence-corrected chi connectivity index (χ4v) is 4.71. The predicted molar refractivity (Wildman–Crippen MR) is 132 cm³/mol. The van der Waals surface area contributed by atoms with Crippen molar-refractivity contribution >= 4 is 42.2 Å². The van der Waals surface area contributed by atoms with Gasteiger partial charge in [0.25, 0.3) is 5.90 Å². The van der Waals surface area contributed by atoms with Crippen LogP contribution >= 0.6 is 7.52 Å². The molecular formula is C22H25N6O8P. The third-order valence-corrected chi connectivity index (χ3v) is 6.60. The summed E-state index contributed by atoms with van der Waals surface area (Å²) >= 11 is 0. The third kappa shape index (κ3) is 8.02. The maximum Gasteiger partial charge on any atom is 0.342 e. The van der Waals surface area contributed by atoms with Gasteiger partial charge in [-0.2, -0.15) is 4.99 Å². The molecule has 0 aliphatic rings. The Morgan fingerprint density at radius 3 is 2.65 bits per heavy atom. The van der Waals surface area contributed by atoms with E-state index in [1.165, 1.54) is 19.6 Å². The summed E-state index contributed by atoms with van der Waals surface area (Å²) in [6.07, 6.45) is 4.05. The van der Waals surface area contributed by atoms with Crippen molar-refractivity contribution < 1.29 is 38.7 Å². The Balaban J connectivity index is 1.69. The van der Waals surface area contributed by atoms with E-state index in [0.29, 0.717) is 11.4 Å². The molecule has 1 unspecified atom stereocenters. The SMILES string of the molecule is CC(=O)[C@H](C)NP(=O)(COCCn1cnc2c(/N=C(\C=C\C(=O)O)OO)ncnc21)Oc1ccccc1. The number of nitrogens with one attached hydrogen (secondary N) is 1. The van der Waals surface area contributed by atoms with Gasteiger partial charge in [0.05, 0.1) is 19.0 Å². The smallest absolute Gasteiger partial charge is 0.342 e. The second-order valence-electron chi connectivity index (χ2n) is 7.60. The maximum atomic E-state index is 13.4. The van der Waals surface area contributed by atoms with Crippen LogP contribution < -0.4 is 9.61 Å². The first-order chi connectivity index (χ1) is 17.7. The Labute approximate surface area is 211 Å². The highest BCUT2D eigenvalue weighted by Crippen LogP contribution is 2.43. The van der Waals surface area contributed by atoms with Gasteiger partial charge in [0.15, 0.2) is 17.0 Å². The summed E-state index contributed by atoms with van der Waals surface area (Å²) in [7, 11) is -3.59. The number of aliphatic imine (C=N–C) groups is 1. The molecule has 0 bridgehead atoms. The van der Waals surface area contributed by atoms with Gasteiger partial charge in [-0.15, -0.1) is 0 Å². The molecule has 0 spiro atoms. The van der Waals surface area contributed by atoms with E-state index < -0.39 is 25.4 Å². The number of fused-ring (bicyclic) bond motifs is 1. The van der Waals surface area contributed by atoms with Crippen molar-refractivity contribution in [1.29, 1.82) is 0 Å². The van der Waals surface area contributed by atoms with Crippen LogP contribution in [0.25, 0.3) is 11.2 Å². The summed E-state index contributed by atoms with van der Waals surface area (Å²) in [6.45, 7) is 3.32. The van der Waals surface area contributed by atoms with E-state index in [2.05, 4.69) is 29.9 Å². The fourth-order valence-electron chi connectivity index (χ4n) is 2.92. The van der Waals surface area contributed by atoms with Crippen molar-refractivity contribution in [1.82, 2.24) is 24.6 Å². The highest BCUT2D eigenvalue weighted by molar-refractivity contribution is 7.57. The normalized spacial score (nSPS) is 14.4. The number of hydrogen-bond acceptors (Lipinski definition) is 11. The second kappa shape index (κ2) is 12.8. The highest BCUT2D eigenvalue weighted by atomic mass is 31.2.